The van der Waals surface area contributed by atoms with E-state index in [1.54, 1.807) is 0 Å². The first-order valence-corrected chi connectivity index (χ1v) is 3.13. The Morgan fingerprint density at radius 2 is 1.67 bits per heavy atom. The van der Waals surface area contributed by atoms with Gasteiger partial charge in [-0.15, -0.1) is 0 Å². The maximum atomic E-state index is 10.1. The molecule has 0 aliphatic carbocycles. The van der Waals surface area contributed by atoms with Crippen LogP contribution in [-0.4, -0.2) is 4.55 Å². The van der Waals surface area contributed by atoms with E-state index in [-0.39, 0.29) is 31.5 Å². The van der Waals surface area contributed by atoms with Crippen molar-refractivity contribution in [3.63, 3.8) is 0 Å². The minimum absolute atomic E-state index is 0. The van der Waals surface area contributed by atoms with Gasteiger partial charge >= 0.3 is 0 Å². The van der Waals surface area contributed by atoms with Gasteiger partial charge < -0.3 is 4.55 Å². The van der Waals surface area contributed by atoms with Crippen LogP contribution < -0.4 is 0 Å². The molecule has 0 unspecified atom stereocenters. The second kappa shape index (κ2) is 4.98. The van der Waals surface area contributed by atoms with Gasteiger partial charge in [-0.05, 0) is 24.2 Å². The van der Waals surface area contributed by atoms with Crippen LogP contribution in [-0.2, 0) is 31.5 Å². The Morgan fingerprint density at radius 1 is 1.11 bits per heavy atom. The molecule has 0 N–H and O–H groups in total. The number of hydrogen-bond donors (Lipinski definition) is 0. The fourth-order valence-electron chi connectivity index (χ4n) is 0.489. The molecule has 0 aromatic heterocycles. The molecule has 0 aliphatic heterocycles. The number of hydrogen-bond acceptors (Lipinski definition) is 1. The maximum Gasteiger partial charge on any atom is 0.150 e. The molecule has 0 atom stereocenters. The van der Waals surface area contributed by atoms with E-state index >= 15 is 0 Å². The number of rotatable bonds is 1. The standard InChI is InChI=1S/C6H6OS.Zn/c7-8-6-4-2-1-3-5-6;/h1-5,8H;. The molecule has 44 valence electrons. The van der Waals surface area contributed by atoms with Crippen LogP contribution in [0.2, 0.25) is 0 Å². The summed E-state index contributed by atoms with van der Waals surface area (Å²) in [6, 6.07) is 9.25. The molecule has 1 nitrogen and oxygen atoms in total. The Bertz CT molecular complexity index is 154. The largest absolute Gasteiger partial charge is 0.613 e. The van der Waals surface area contributed by atoms with Gasteiger partial charge in [-0.1, -0.05) is 18.2 Å². The van der Waals surface area contributed by atoms with E-state index in [9.17, 15) is 4.55 Å². The predicted molar refractivity (Wildman–Crippen MR) is 34.2 cm³/mol. The van der Waals surface area contributed by atoms with Gasteiger partial charge in [0.05, 0.1) is 0 Å². The summed E-state index contributed by atoms with van der Waals surface area (Å²) in [5.74, 6) is 0. The topological polar surface area (TPSA) is 23.1 Å². The molecule has 1 rings (SSSR count). The first kappa shape index (κ1) is 9.15. The Balaban J connectivity index is 0.000000640. The zero-order chi connectivity index (χ0) is 5.82. The normalized spacial score (nSPS) is 8.11. The van der Waals surface area contributed by atoms with E-state index in [0.29, 0.717) is 0 Å². The summed E-state index contributed by atoms with van der Waals surface area (Å²) in [7, 11) is 0. The third-order valence-corrected chi connectivity index (χ3v) is 1.37. The molecule has 0 bridgehead atoms. The van der Waals surface area contributed by atoms with Gasteiger partial charge in [0.15, 0.2) is 0 Å². The molecular formula is C6H6OSZn. The van der Waals surface area contributed by atoms with E-state index in [4.69, 9.17) is 0 Å². The second-order valence-corrected chi connectivity index (χ2v) is 2.13. The molecule has 0 aliphatic rings. The quantitative estimate of drug-likeness (QED) is 0.369. The van der Waals surface area contributed by atoms with Gasteiger partial charge in [0.1, 0.15) is 4.90 Å². The van der Waals surface area contributed by atoms with E-state index in [2.05, 4.69) is 0 Å². The van der Waals surface area contributed by atoms with Crippen molar-refractivity contribution in [1.82, 2.24) is 0 Å². The maximum absolute atomic E-state index is 10.1. The average Bonchev–Trinajstić information content (AvgIpc) is 1.90. The van der Waals surface area contributed by atoms with Crippen LogP contribution in [0.15, 0.2) is 35.2 Å². The van der Waals surface area contributed by atoms with Crippen LogP contribution in [0.5, 0.6) is 0 Å². The average molecular weight is 192 g/mol. The van der Waals surface area contributed by atoms with Gasteiger partial charge in [-0.2, -0.15) is 0 Å². The van der Waals surface area contributed by atoms with Crippen molar-refractivity contribution < 1.29 is 24.0 Å². The Labute approximate surface area is 71.4 Å². The van der Waals surface area contributed by atoms with Gasteiger partial charge in [0.25, 0.3) is 0 Å². The number of benzene rings is 1. The minimum Gasteiger partial charge on any atom is -0.613 e. The van der Waals surface area contributed by atoms with Crippen LogP contribution in [0.1, 0.15) is 0 Å². The first-order chi connectivity index (χ1) is 3.93. The molecule has 0 fully saturated rings. The van der Waals surface area contributed by atoms with Crippen LogP contribution in [0.3, 0.4) is 0 Å². The Morgan fingerprint density at radius 3 is 2.00 bits per heavy atom. The molecule has 0 radical (unpaired) electrons. The Kier molecular flexibility index (Phi) is 5.06. The second-order valence-electron chi connectivity index (χ2n) is 1.43. The Hall–Kier alpha value is 0.153. The number of thiol groups is 1. The molecule has 9 heavy (non-hydrogen) atoms. The fourth-order valence-corrected chi connectivity index (χ4v) is 0.783. The van der Waals surface area contributed by atoms with Crippen molar-refractivity contribution in [2.24, 2.45) is 0 Å². The summed E-state index contributed by atoms with van der Waals surface area (Å²) in [4.78, 5) is 0.826. The summed E-state index contributed by atoms with van der Waals surface area (Å²) in [6.07, 6.45) is 0. The van der Waals surface area contributed by atoms with Gasteiger partial charge in [-0.25, -0.2) is 0 Å². The summed E-state index contributed by atoms with van der Waals surface area (Å²) in [5, 5.41) is 0. The molecule has 3 heteroatoms. The summed E-state index contributed by atoms with van der Waals surface area (Å²) < 4.78 is 10.1. The van der Waals surface area contributed by atoms with Gasteiger partial charge in [0, 0.05) is 19.5 Å². The van der Waals surface area contributed by atoms with E-state index < -0.39 is 0 Å². The van der Waals surface area contributed by atoms with Crippen LogP contribution >= 0.6 is 0 Å². The predicted octanol–water partition coefficient (Wildman–Crippen LogP) is 0.988. The third-order valence-electron chi connectivity index (χ3n) is 0.862. The van der Waals surface area contributed by atoms with Crippen molar-refractivity contribution in [2.45, 2.75) is 4.90 Å². The molecule has 0 saturated heterocycles. The molecular weight excluding hydrogens is 186 g/mol. The van der Waals surface area contributed by atoms with Crippen LogP contribution in [0.4, 0.5) is 0 Å². The van der Waals surface area contributed by atoms with E-state index in [1.807, 2.05) is 30.3 Å². The van der Waals surface area contributed by atoms with Crippen molar-refractivity contribution in [2.75, 3.05) is 0 Å². The van der Waals surface area contributed by atoms with Crippen molar-refractivity contribution in [3.8, 4) is 0 Å². The van der Waals surface area contributed by atoms with Crippen molar-refractivity contribution >= 4 is 12.0 Å². The minimum atomic E-state index is 0. The SMILES string of the molecule is [O-][SH+]c1ccccc1.[Zn]. The third kappa shape index (κ3) is 2.99. The fraction of sp³-hybridized carbons (Fsp3) is 0. The van der Waals surface area contributed by atoms with Gasteiger partial charge in [0.2, 0.25) is 0 Å². The van der Waals surface area contributed by atoms with Gasteiger partial charge in [-0.3, -0.25) is 0 Å². The summed E-state index contributed by atoms with van der Waals surface area (Å²) in [6.45, 7) is 0. The zero-order valence-electron chi connectivity index (χ0n) is 4.95. The molecule has 1 aromatic rings. The van der Waals surface area contributed by atoms with Crippen molar-refractivity contribution in [1.29, 1.82) is 0 Å². The van der Waals surface area contributed by atoms with Crippen LogP contribution in [0, 0.1) is 0 Å². The summed E-state index contributed by atoms with van der Waals surface area (Å²) >= 11 is 0.0994. The van der Waals surface area contributed by atoms with E-state index in [1.165, 1.54) is 0 Å². The molecule has 0 heterocycles. The van der Waals surface area contributed by atoms with Crippen LogP contribution in [0.25, 0.3) is 0 Å². The van der Waals surface area contributed by atoms with E-state index in [0.717, 1.165) is 4.90 Å². The zero-order valence-corrected chi connectivity index (χ0v) is 8.81. The molecule has 0 saturated carbocycles. The molecule has 1 aromatic carbocycles. The summed E-state index contributed by atoms with van der Waals surface area (Å²) in [5.41, 5.74) is 0. The monoisotopic (exact) mass is 190 g/mol. The molecule has 0 amide bonds. The molecule has 0 spiro atoms. The first-order valence-electron chi connectivity index (χ1n) is 2.32. The smallest absolute Gasteiger partial charge is 0.150 e. The van der Waals surface area contributed by atoms with Crippen molar-refractivity contribution in [3.05, 3.63) is 30.3 Å².